The van der Waals surface area contributed by atoms with Gasteiger partial charge in [0.25, 0.3) is 0 Å². The van der Waals surface area contributed by atoms with E-state index in [1.165, 1.54) is 6.39 Å². The van der Waals surface area contributed by atoms with Crippen LogP contribution in [0.25, 0.3) is 0 Å². The Morgan fingerprint density at radius 2 is 2.13 bits per heavy atom. The van der Waals surface area contributed by atoms with E-state index in [1.807, 2.05) is 36.4 Å². The fraction of sp³-hybridized carbons (Fsp3) is 0.0909. The molecule has 0 aliphatic rings. The second-order valence-corrected chi connectivity index (χ2v) is 2.98. The summed E-state index contributed by atoms with van der Waals surface area (Å²) < 4.78 is 5.03. The maximum Gasteiger partial charge on any atom is 0.232 e. The van der Waals surface area contributed by atoms with Crippen molar-refractivity contribution in [1.29, 1.82) is 5.26 Å². The van der Waals surface area contributed by atoms with Crippen LogP contribution in [-0.4, -0.2) is 4.98 Å². The lowest BCUT2D eigenvalue weighted by molar-refractivity contribution is 0.568. The number of anilines is 1. The third-order valence-corrected chi connectivity index (χ3v) is 1.97. The maximum absolute atomic E-state index is 8.69. The van der Waals surface area contributed by atoms with E-state index in [4.69, 9.17) is 9.68 Å². The minimum Gasteiger partial charge on any atom is -0.427 e. The van der Waals surface area contributed by atoms with Crippen molar-refractivity contribution in [3.05, 3.63) is 48.0 Å². The molecule has 0 aliphatic carbocycles. The van der Waals surface area contributed by atoms with E-state index in [0.717, 1.165) is 5.56 Å². The molecule has 0 unspecified atom stereocenters. The average Bonchev–Trinajstić information content (AvgIpc) is 2.75. The predicted octanol–water partition coefficient (Wildman–Crippen LogP) is 2.16. The number of nitrogens with one attached hydrogen (secondary N) is 1. The Balaban J connectivity index is 2.03. The van der Waals surface area contributed by atoms with Gasteiger partial charge in [-0.05, 0) is 5.56 Å². The van der Waals surface area contributed by atoms with Crippen molar-refractivity contribution in [3.63, 3.8) is 0 Å². The fourth-order valence-electron chi connectivity index (χ4n) is 1.23. The van der Waals surface area contributed by atoms with Gasteiger partial charge in [-0.1, -0.05) is 30.3 Å². The molecule has 0 bridgehead atoms. The number of aromatic nitrogens is 1. The van der Waals surface area contributed by atoms with Gasteiger partial charge >= 0.3 is 0 Å². The highest BCUT2D eigenvalue weighted by Gasteiger charge is 2.05. The zero-order valence-electron chi connectivity index (χ0n) is 7.97. The number of nitrogens with zero attached hydrogens (tertiary/aromatic N) is 2. The van der Waals surface area contributed by atoms with E-state index in [0.29, 0.717) is 12.4 Å². The van der Waals surface area contributed by atoms with Crippen LogP contribution in [0.1, 0.15) is 11.3 Å². The summed E-state index contributed by atoms with van der Waals surface area (Å²) in [6.07, 6.45) is 1.26. The van der Waals surface area contributed by atoms with Crippen molar-refractivity contribution in [3.8, 4) is 6.07 Å². The SMILES string of the molecule is N#Cc1ncoc1NCc1ccccc1. The Bertz CT molecular complexity index is 470. The van der Waals surface area contributed by atoms with Gasteiger partial charge in [0.05, 0.1) is 0 Å². The Morgan fingerprint density at radius 1 is 1.33 bits per heavy atom. The molecule has 0 saturated carbocycles. The lowest BCUT2D eigenvalue weighted by Gasteiger charge is -2.01. The number of oxazole rings is 1. The molecule has 0 amide bonds. The zero-order chi connectivity index (χ0) is 10.5. The molecular weight excluding hydrogens is 190 g/mol. The van der Waals surface area contributed by atoms with Crippen molar-refractivity contribution in [2.45, 2.75) is 6.54 Å². The van der Waals surface area contributed by atoms with Crippen LogP contribution in [0.4, 0.5) is 5.88 Å². The molecule has 0 aliphatic heterocycles. The summed E-state index contributed by atoms with van der Waals surface area (Å²) in [6.45, 7) is 0.616. The average molecular weight is 199 g/mol. The van der Waals surface area contributed by atoms with Gasteiger partial charge in [-0.2, -0.15) is 5.26 Å². The molecule has 0 spiro atoms. The molecule has 2 aromatic rings. The fourth-order valence-corrected chi connectivity index (χ4v) is 1.23. The standard InChI is InChI=1S/C11H9N3O/c12-6-10-11(15-8-14-10)13-7-9-4-2-1-3-5-9/h1-5,8,13H,7H2. The first-order chi connectivity index (χ1) is 7.40. The summed E-state index contributed by atoms with van der Waals surface area (Å²) in [4.78, 5) is 3.76. The quantitative estimate of drug-likeness (QED) is 0.822. The molecule has 1 aromatic carbocycles. The van der Waals surface area contributed by atoms with Crippen LogP contribution < -0.4 is 5.32 Å². The third kappa shape index (κ3) is 2.15. The second-order valence-electron chi connectivity index (χ2n) is 2.98. The molecule has 0 radical (unpaired) electrons. The van der Waals surface area contributed by atoms with Gasteiger partial charge in [0.1, 0.15) is 6.07 Å². The normalized spacial score (nSPS) is 9.53. The van der Waals surface area contributed by atoms with E-state index in [1.54, 1.807) is 0 Å². The molecule has 4 nitrogen and oxygen atoms in total. The van der Waals surface area contributed by atoms with Gasteiger partial charge in [0.15, 0.2) is 6.39 Å². The lowest BCUT2D eigenvalue weighted by Crippen LogP contribution is -1.99. The lowest BCUT2D eigenvalue weighted by atomic mass is 10.2. The van der Waals surface area contributed by atoms with Crippen molar-refractivity contribution in [2.75, 3.05) is 5.32 Å². The van der Waals surface area contributed by atoms with Crippen LogP contribution in [0, 0.1) is 11.3 Å². The zero-order valence-corrected chi connectivity index (χ0v) is 7.97. The molecule has 0 fully saturated rings. The molecular formula is C11H9N3O. The van der Waals surface area contributed by atoms with Crippen LogP contribution in [0.3, 0.4) is 0 Å². The molecule has 15 heavy (non-hydrogen) atoms. The summed E-state index contributed by atoms with van der Waals surface area (Å²) in [5, 5.41) is 11.7. The van der Waals surface area contributed by atoms with Crippen LogP contribution in [0.15, 0.2) is 41.1 Å². The number of benzene rings is 1. The molecule has 4 heteroatoms. The Labute approximate surface area is 87.2 Å². The van der Waals surface area contributed by atoms with Crippen LogP contribution in [0.5, 0.6) is 0 Å². The molecule has 2 rings (SSSR count). The summed E-state index contributed by atoms with van der Waals surface area (Å²) >= 11 is 0. The van der Waals surface area contributed by atoms with Crippen LogP contribution in [0.2, 0.25) is 0 Å². The van der Waals surface area contributed by atoms with Gasteiger partial charge in [0.2, 0.25) is 11.6 Å². The first-order valence-electron chi connectivity index (χ1n) is 4.51. The van der Waals surface area contributed by atoms with E-state index >= 15 is 0 Å². The number of hydrogen-bond donors (Lipinski definition) is 1. The molecule has 1 N–H and O–H groups in total. The van der Waals surface area contributed by atoms with Gasteiger partial charge in [-0.15, -0.1) is 0 Å². The van der Waals surface area contributed by atoms with Crippen LogP contribution in [-0.2, 0) is 6.54 Å². The highest BCUT2D eigenvalue weighted by molar-refractivity contribution is 5.44. The van der Waals surface area contributed by atoms with E-state index < -0.39 is 0 Å². The van der Waals surface area contributed by atoms with Crippen molar-refractivity contribution >= 4 is 5.88 Å². The molecule has 1 heterocycles. The van der Waals surface area contributed by atoms with E-state index in [9.17, 15) is 0 Å². The predicted molar refractivity (Wildman–Crippen MR) is 55.0 cm³/mol. The van der Waals surface area contributed by atoms with Gasteiger partial charge in [-0.3, -0.25) is 0 Å². The van der Waals surface area contributed by atoms with Crippen molar-refractivity contribution < 1.29 is 4.42 Å². The summed E-state index contributed by atoms with van der Waals surface area (Å²) in [5.74, 6) is 0.418. The van der Waals surface area contributed by atoms with Crippen LogP contribution >= 0.6 is 0 Å². The topological polar surface area (TPSA) is 61.9 Å². The largest absolute Gasteiger partial charge is 0.427 e. The Morgan fingerprint density at radius 3 is 2.87 bits per heavy atom. The van der Waals surface area contributed by atoms with Gasteiger partial charge in [0, 0.05) is 6.54 Å². The highest BCUT2D eigenvalue weighted by atomic mass is 16.4. The molecule has 74 valence electrons. The minimum atomic E-state index is 0.283. The third-order valence-electron chi connectivity index (χ3n) is 1.97. The summed E-state index contributed by atoms with van der Waals surface area (Å²) in [7, 11) is 0. The first-order valence-corrected chi connectivity index (χ1v) is 4.51. The molecule has 0 saturated heterocycles. The maximum atomic E-state index is 8.69. The van der Waals surface area contributed by atoms with Crippen molar-refractivity contribution in [1.82, 2.24) is 4.98 Å². The number of nitriles is 1. The summed E-state index contributed by atoms with van der Waals surface area (Å²) in [6, 6.07) is 11.8. The number of hydrogen-bond acceptors (Lipinski definition) is 4. The Kier molecular flexibility index (Phi) is 2.65. The highest BCUT2D eigenvalue weighted by Crippen LogP contribution is 2.13. The summed E-state index contributed by atoms with van der Waals surface area (Å²) in [5.41, 5.74) is 1.41. The second kappa shape index (κ2) is 4.29. The monoisotopic (exact) mass is 199 g/mol. The van der Waals surface area contributed by atoms with Gasteiger partial charge in [-0.25, -0.2) is 4.98 Å². The first kappa shape index (κ1) is 9.28. The Hall–Kier alpha value is -2.28. The van der Waals surface area contributed by atoms with E-state index in [-0.39, 0.29) is 5.69 Å². The smallest absolute Gasteiger partial charge is 0.232 e. The minimum absolute atomic E-state index is 0.283. The molecule has 0 atom stereocenters. The van der Waals surface area contributed by atoms with Gasteiger partial charge < -0.3 is 9.73 Å². The molecule has 1 aromatic heterocycles. The van der Waals surface area contributed by atoms with Crippen molar-refractivity contribution in [2.24, 2.45) is 0 Å². The van der Waals surface area contributed by atoms with E-state index in [2.05, 4.69) is 10.3 Å². The number of rotatable bonds is 3.